The van der Waals surface area contributed by atoms with Gasteiger partial charge in [-0.1, -0.05) is 30.7 Å². The molecule has 4 amide bonds. The summed E-state index contributed by atoms with van der Waals surface area (Å²) in [5.41, 5.74) is 9.74. The van der Waals surface area contributed by atoms with Gasteiger partial charge in [-0.3, -0.25) is 19.4 Å². The number of benzene rings is 1. The third kappa shape index (κ3) is 5.04. The lowest BCUT2D eigenvalue weighted by molar-refractivity contribution is -0.156. The number of aryl methyl sites for hydroxylation is 3. The zero-order valence-electron chi connectivity index (χ0n) is 21.8. The van der Waals surface area contributed by atoms with E-state index < -0.39 is 29.8 Å². The van der Waals surface area contributed by atoms with E-state index in [1.165, 1.54) is 4.90 Å². The Hall–Kier alpha value is -4.21. The number of hydrogen-bond donors (Lipinski definition) is 2. The SMILES string of the molecule is CCC(NC(=O)N1C(=O)[C@H](Cc2ccnc(N)c2)[C@H]1C(=O)N(C)c1nccn1C)c1ccc(C)cc1C. The monoisotopic (exact) mass is 503 g/mol. The fourth-order valence-corrected chi connectivity index (χ4v) is 4.94. The van der Waals surface area contributed by atoms with Crippen LogP contribution in [-0.4, -0.2) is 50.4 Å². The highest BCUT2D eigenvalue weighted by Crippen LogP contribution is 2.33. The number of pyridine rings is 1. The number of urea groups is 1. The average molecular weight is 504 g/mol. The molecule has 4 rings (SSSR count). The summed E-state index contributed by atoms with van der Waals surface area (Å²) in [4.78, 5) is 51.1. The van der Waals surface area contributed by atoms with Gasteiger partial charge in [0.15, 0.2) is 0 Å². The number of nitrogens with two attached hydrogens (primary N) is 1. The van der Waals surface area contributed by atoms with Gasteiger partial charge in [-0.15, -0.1) is 0 Å². The van der Waals surface area contributed by atoms with Crippen molar-refractivity contribution >= 4 is 29.6 Å². The molecule has 10 heteroatoms. The molecule has 194 valence electrons. The molecule has 1 aromatic carbocycles. The van der Waals surface area contributed by atoms with Gasteiger partial charge < -0.3 is 15.6 Å². The Balaban J connectivity index is 1.61. The van der Waals surface area contributed by atoms with E-state index in [4.69, 9.17) is 5.73 Å². The molecule has 2 aromatic heterocycles. The van der Waals surface area contributed by atoms with E-state index in [0.29, 0.717) is 18.2 Å². The average Bonchev–Trinajstić information content (AvgIpc) is 3.29. The van der Waals surface area contributed by atoms with Gasteiger partial charge in [-0.2, -0.15) is 0 Å². The first-order chi connectivity index (χ1) is 17.6. The van der Waals surface area contributed by atoms with E-state index >= 15 is 0 Å². The predicted octanol–water partition coefficient (Wildman–Crippen LogP) is 2.91. The molecule has 37 heavy (non-hydrogen) atoms. The van der Waals surface area contributed by atoms with Gasteiger partial charge in [0, 0.05) is 32.7 Å². The molecule has 1 aliphatic heterocycles. The van der Waals surface area contributed by atoms with Crippen LogP contribution in [0.15, 0.2) is 48.9 Å². The lowest BCUT2D eigenvalue weighted by Gasteiger charge is -2.45. The van der Waals surface area contributed by atoms with Crippen molar-refractivity contribution in [2.75, 3.05) is 17.7 Å². The second-order valence-electron chi connectivity index (χ2n) is 9.56. The van der Waals surface area contributed by atoms with Crippen LogP contribution in [0.5, 0.6) is 0 Å². The van der Waals surface area contributed by atoms with Gasteiger partial charge in [-0.05, 0) is 55.5 Å². The Labute approximate surface area is 216 Å². The molecular weight excluding hydrogens is 470 g/mol. The molecule has 3 aromatic rings. The standard InChI is InChI=1S/C27H33N7O3/c1-6-21(19-8-7-16(2)13-17(19)3)31-27(37)34-23(25(36)33(5)26-30-11-12-32(26)4)20(24(34)35)14-18-9-10-29-22(28)15-18/h7-13,15,20-21,23H,6,14H2,1-5H3,(H2,28,29)(H,31,37)/t20-,21?,23+/m1/s1. The number of β-lactam (4-membered cyclic amide) rings is 1. The number of amides is 4. The summed E-state index contributed by atoms with van der Waals surface area (Å²) in [6, 6.07) is 7.60. The van der Waals surface area contributed by atoms with Crippen LogP contribution in [-0.2, 0) is 23.1 Å². The molecule has 1 unspecified atom stereocenters. The number of anilines is 2. The van der Waals surface area contributed by atoms with E-state index in [9.17, 15) is 14.4 Å². The lowest BCUT2D eigenvalue weighted by Crippen LogP contribution is -2.70. The summed E-state index contributed by atoms with van der Waals surface area (Å²) < 4.78 is 1.70. The Morgan fingerprint density at radius 3 is 2.54 bits per heavy atom. The highest BCUT2D eigenvalue weighted by atomic mass is 16.2. The summed E-state index contributed by atoms with van der Waals surface area (Å²) in [6.07, 6.45) is 5.76. The molecule has 3 N–H and O–H groups in total. The van der Waals surface area contributed by atoms with Crippen LogP contribution in [0.25, 0.3) is 0 Å². The van der Waals surface area contributed by atoms with E-state index in [1.807, 2.05) is 32.9 Å². The highest BCUT2D eigenvalue weighted by Gasteiger charge is 2.55. The maximum absolute atomic E-state index is 13.7. The van der Waals surface area contributed by atoms with Crippen LogP contribution < -0.4 is 16.0 Å². The quantitative estimate of drug-likeness (QED) is 0.478. The van der Waals surface area contributed by atoms with Crippen LogP contribution in [0.2, 0.25) is 0 Å². The van der Waals surface area contributed by atoms with E-state index in [1.54, 1.807) is 49.4 Å². The second kappa shape index (κ2) is 10.4. The van der Waals surface area contributed by atoms with Gasteiger partial charge >= 0.3 is 6.03 Å². The first-order valence-electron chi connectivity index (χ1n) is 12.3. The lowest BCUT2D eigenvalue weighted by atomic mass is 9.81. The number of imidazole rings is 1. The molecule has 1 saturated heterocycles. The normalized spacial score (nSPS) is 17.8. The van der Waals surface area contributed by atoms with Gasteiger partial charge in [0.1, 0.15) is 11.9 Å². The third-order valence-corrected chi connectivity index (χ3v) is 6.92. The summed E-state index contributed by atoms with van der Waals surface area (Å²) >= 11 is 0. The number of aromatic nitrogens is 3. The molecule has 0 radical (unpaired) electrons. The molecular formula is C27H33N7O3. The predicted molar refractivity (Wildman–Crippen MR) is 141 cm³/mol. The molecule has 3 heterocycles. The number of nitrogens with one attached hydrogen (secondary N) is 1. The number of nitrogens with zero attached hydrogens (tertiary/aromatic N) is 5. The number of carbonyl (C=O) groups excluding carboxylic acids is 3. The Morgan fingerprint density at radius 2 is 1.92 bits per heavy atom. The molecule has 10 nitrogen and oxygen atoms in total. The highest BCUT2D eigenvalue weighted by molar-refractivity contribution is 6.12. The van der Waals surface area contributed by atoms with E-state index in [-0.39, 0.29) is 12.5 Å². The summed E-state index contributed by atoms with van der Waals surface area (Å²) in [5.74, 6) is -0.779. The van der Waals surface area contributed by atoms with Crippen molar-refractivity contribution in [1.82, 2.24) is 24.8 Å². The minimum Gasteiger partial charge on any atom is -0.384 e. The molecule has 0 bridgehead atoms. The van der Waals surface area contributed by atoms with Crippen LogP contribution in [0.4, 0.5) is 16.6 Å². The molecule has 1 fully saturated rings. The largest absolute Gasteiger partial charge is 0.384 e. The third-order valence-electron chi connectivity index (χ3n) is 6.92. The minimum absolute atomic E-state index is 0.258. The van der Waals surface area contributed by atoms with Gasteiger partial charge in [0.25, 0.3) is 5.91 Å². The zero-order valence-corrected chi connectivity index (χ0v) is 21.8. The van der Waals surface area contributed by atoms with E-state index in [2.05, 4.69) is 21.4 Å². The molecule has 0 spiro atoms. The van der Waals surface area contributed by atoms with Crippen LogP contribution in [0, 0.1) is 19.8 Å². The molecule has 0 saturated carbocycles. The number of likely N-dealkylation sites (N-methyl/N-ethyl adjacent to an activating group) is 1. The number of nitrogen functional groups attached to an aromatic ring is 1. The van der Waals surface area contributed by atoms with Crippen molar-refractivity contribution < 1.29 is 14.4 Å². The van der Waals surface area contributed by atoms with Gasteiger partial charge in [-0.25, -0.2) is 14.8 Å². The second-order valence-corrected chi connectivity index (χ2v) is 9.56. The van der Waals surface area contributed by atoms with Crippen molar-refractivity contribution in [3.8, 4) is 0 Å². The topological polar surface area (TPSA) is 126 Å². The Kier molecular flexibility index (Phi) is 7.28. The van der Waals surface area contributed by atoms with Crippen molar-refractivity contribution in [2.45, 2.75) is 45.7 Å². The molecule has 3 atom stereocenters. The number of carbonyl (C=O) groups is 3. The Morgan fingerprint density at radius 1 is 1.16 bits per heavy atom. The maximum atomic E-state index is 13.7. The zero-order chi connectivity index (χ0) is 26.9. The smallest absolute Gasteiger partial charge is 0.325 e. The number of hydrogen-bond acceptors (Lipinski definition) is 6. The van der Waals surface area contributed by atoms with Crippen molar-refractivity contribution in [2.24, 2.45) is 13.0 Å². The molecule has 1 aliphatic rings. The number of likely N-dealkylation sites (tertiary alicyclic amines) is 1. The number of rotatable bonds is 7. The van der Waals surface area contributed by atoms with Gasteiger partial charge in [0.2, 0.25) is 11.9 Å². The summed E-state index contributed by atoms with van der Waals surface area (Å²) in [5, 5.41) is 2.98. The number of imide groups is 1. The Bertz CT molecular complexity index is 1340. The summed E-state index contributed by atoms with van der Waals surface area (Å²) in [6.45, 7) is 5.98. The fourth-order valence-electron chi connectivity index (χ4n) is 4.94. The summed E-state index contributed by atoms with van der Waals surface area (Å²) in [7, 11) is 3.37. The van der Waals surface area contributed by atoms with E-state index in [0.717, 1.165) is 27.2 Å². The van der Waals surface area contributed by atoms with Crippen LogP contribution in [0.3, 0.4) is 0 Å². The maximum Gasteiger partial charge on any atom is 0.325 e. The molecule has 0 aliphatic carbocycles. The van der Waals surface area contributed by atoms with Crippen LogP contribution >= 0.6 is 0 Å². The fraction of sp³-hybridized carbons (Fsp3) is 0.370. The van der Waals surface area contributed by atoms with Crippen LogP contribution in [0.1, 0.15) is 41.6 Å². The van der Waals surface area contributed by atoms with Crippen molar-refractivity contribution in [3.05, 3.63) is 71.2 Å². The first-order valence-corrected chi connectivity index (χ1v) is 12.3. The van der Waals surface area contributed by atoms with Crippen molar-refractivity contribution in [1.29, 1.82) is 0 Å². The minimum atomic E-state index is -0.986. The van der Waals surface area contributed by atoms with Gasteiger partial charge in [0.05, 0.1) is 12.0 Å². The first kappa shape index (κ1) is 25.9. The van der Waals surface area contributed by atoms with Crippen molar-refractivity contribution in [3.63, 3.8) is 0 Å².